The van der Waals surface area contributed by atoms with E-state index < -0.39 is 11.9 Å². The maximum atomic E-state index is 12.4. The molecular formula is C10H9ClF3N3. The van der Waals surface area contributed by atoms with Crippen molar-refractivity contribution in [3.63, 3.8) is 0 Å². The molecule has 1 aromatic rings. The summed E-state index contributed by atoms with van der Waals surface area (Å²) in [5.74, 6) is 0. The topological polar surface area (TPSA) is 27.3 Å². The Morgan fingerprint density at radius 1 is 1.29 bits per heavy atom. The number of hydrazine groups is 2. The molecule has 2 N–H and O–H groups in total. The predicted octanol–water partition coefficient (Wildman–Crippen LogP) is 2.88. The van der Waals surface area contributed by atoms with Gasteiger partial charge in [0.15, 0.2) is 5.70 Å². The van der Waals surface area contributed by atoms with Crippen molar-refractivity contribution in [1.29, 1.82) is 0 Å². The van der Waals surface area contributed by atoms with Gasteiger partial charge in [-0.25, -0.2) is 0 Å². The summed E-state index contributed by atoms with van der Waals surface area (Å²) in [5.41, 5.74) is 5.01. The van der Waals surface area contributed by atoms with Crippen molar-refractivity contribution in [3.8, 4) is 0 Å². The monoisotopic (exact) mass is 263 g/mol. The van der Waals surface area contributed by atoms with Gasteiger partial charge in [-0.1, -0.05) is 11.6 Å². The van der Waals surface area contributed by atoms with Crippen LogP contribution in [0.15, 0.2) is 30.1 Å². The van der Waals surface area contributed by atoms with Crippen LogP contribution in [-0.4, -0.2) is 6.18 Å². The molecule has 3 nitrogen and oxygen atoms in total. The molecule has 7 heteroatoms. The Labute approximate surface area is 101 Å². The van der Waals surface area contributed by atoms with E-state index in [1.165, 1.54) is 5.01 Å². The standard InChI is InChI=1S/C10H9ClF3N3/c1-6-4-7(11)2-3-8(6)17-5-9(15-16-17)10(12,13)14/h2-5,15-16H,1H3. The van der Waals surface area contributed by atoms with E-state index in [-0.39, 0.29) is 0 Å². The number of nitrogens with one attached hydrogen (secondary N) is 2. The van der Waals surface area contributed by atoms with E-state index in [0.29, 0.717) is 10.7 Å². The van der Waals surface area contributed by atoms with Gasteiger partial charge in [-0.05, 0) is 30.7 Å². The van der Waals surface area contributed by atoms with Crippen molar-refractivity contribution in [2.75, 3.05) is 5.01 Å². The van der Waals surface area contributed by atoms with Crippen LogP contribution in [0.4, 0.5) is 18.9 Å². The molecule has 0 aromatic heterocycles. The fraction of sp³-hybridized carbons (Fsp3) is 0.200. The summed E-state index contributed by atoms with van der Waals surface area (Å²) in [7, 11) is 0. The molecule has 0 bridgehead atoms. The molecular weight excluding hydrogens is 255 g/mol. The number of benzene rings is 1. The van der Waals surface area contributed by atoms with Crippen LogP contribution in [0.25, 0.3) is 0 Å². The summed E-state index contributed by atoms with van der Waals surface area (Å²) in [6, 6.07) is 4.94. The predicted molar refractivity (Wildman–Crippen MR) is 59.1 cm³/mol. The van der Waals surface area contributed by atoms with E-state index in [1.807, 2.05) is 0 Å². The number of nitrogens with zero attached hydrogens (tertiary/aromatic N) is 1. The summed E-state index contributed by atoms with van der Waals surface area (Å²) in [6.07, 6.45) is -3.45. The lowest BCUT2D eigenvalue weighted by atomic mass is 10.2. The fourth-order valence-corrected chi connectivity index (χ4v) is 1.70. The van der Waals surface area contributed by atoms with Gasteiger partial charge in [-0.2, -0.15) is 13.2 Å². The number of alkyl halides is 3. The van der Waals surface area contributed by atoms with Gasteiger partial charge in [0.1, 0.15) is 0 Å². The highest BCUT2D eigenvalue weighted by Crippen LogP contribution is 2.29. The van der Waals surface area contributed by atoms with Crippen molar-refractivity contribution in [3.05, 3.63) is 40.7 Å². The molecule has 0 fully saturated rings. The van der Waals surface area contributed by atoms with E-state index in [2.05, 4.69) is 11.0 Å². The molecule has 0 amide bonds. The van der Waals surface area contributed by atoms with Crippen molar-refractivity contribution >= 4 is 17.3 Å². The highest BCUT2D eigenvalue weighted by Gasteiger charge is 2.37. The normalized spacial score (nSPS) is 15.8. The van der Waals surface area contributed by atoms with Crippen molar-refractivity contribution < 1.29 is 13.2 Å². The molecule has 0 spiro atoms. The van der Waals surface area contributed by atoms with Crippen LogP contribution >= 0.6 is 11.6 Å². The summed E-state index contributed by atoms with van der Waals surface area (Å²) < 4.78 is 37.2. The summed E-state index contributed by atoms with van der Waals surface area (Å²) in [4.78, 5) is 0. The van der Waals surface area contributed by atoms with Gasteiger partial charge >= 0.3 is 6.18 Å². The Morgan fingerprint density at radius 2 is 2.00 bits per heavy atom. The molecule has 1 aliphatic rings. The molecule has 1 aromatic carbocycles. The fourth-order valence-electron chi connectivity index (χ4n) is 1.48. The lowest BCUT2D eigenvalue weighted by Gasteiger charge is -2.17. The Hall–Kier alpha value is -1.40. The summed E-state index contributed by atoms with van der Waals surface area (Å²) in [5, 5.41) is 1.80. The minimum atomic E-state index is -4.40. The number of hydrogen-bond acceptors (Lipinski definition) is 3. The summed E-state index contributed by atoms with van der Waals surface area (Å²) >= 11 is 5.77. The van der Waals surface area contributed by atoms with E-state index in [0.717, 1.165) is 11.8 Å². The molecule has 0 saturated heterocycles. The number of rotatable bonds is 1. The lowest BCUT2D eigenvalue weighted by Crippen LogP contribution is -2.38. The van der Waals surface area contributed by atoms with Gasteiger partial charge in [0.2, 0.25) is 0 Å². The molecule has 1 heterocycles. The molecule has 0 atom stereocenters. The van der Waals surface area contributed by atoms with Crippen molar-refractivity contribution in [2.45, 2.75) is 13.1 Å². The lowest BCUT2D eigenvalue weighted by molar-refractivity contribution is -0.0965. The van der Waals surface area contributed by atoms with Gasteiger partial charge in [0.05, 0.1) is 11.9 Å². The van der Waals surface area contributed by atoms with Crippen LogP contribution in [0, 0.1) is 6.92 Å². The van der Waals surface area contributed by atoms with Crippen LogP contribution in [0.2, 0.25) is 5.02 Å². The molecule has 0 unspecified atom stereocenters. The highest BCUT2D eigenvalue weighted by molar-refractivity contribution is 6.30. The van der Waals surface area contributed by atoms with Crippen LogP contribution in [0.1, 0.15) is 5.56 Å². The molecule has 92 valence electrons. The quantitative estimate of drug-likeness (QED) is 0.816. The van der Waals surface area contributed by atoms with Crippen LogP contribution in [0.5, 0.6) is 0 Å². The van der Waals surface area contributed by atoms with Crippen molar-refractivity contribution in [1.82, 2.24) is 11.0 Å². The summed E-state index contributed by atoms with van der Waals surface area (Å²) in [6.45, 7) is 1.77. The molecule has 0 aliphatic carbocycles. The van der Waals surface area contributed by atoms with Crippen LogP contribution in [0.3, 0.4) is 0 Å². The molecule has 2 rings (SSSR count). The van der Waals surface area contributed by atoms with Gasteiger partial charge in [-0.3, -0.25) is 10.4 Å². The zero-order chi connectivity index (χ0) is 12.6. The first-order valence-electron chi connectivity index (χ1n) is 4.74. The third kappa shape index (κ3) is 2.48. The third-order valence-corrected chi connectivity index (χ3v) is 2.53. The first-order valence-corrected chi connectivity index (χ1v) is 5.12. The average Bonchev–Trinajstić information content (AvgIpc) is 2.65. The van der Waals surface area contributed by atoms with Gasteiger partial charge in [-0.15, -0.1) is 5.53 Å². The zero-order valence-electron chi connectivity index (χ0n) is 8.77. The number of hydrogen-bond donors (Lipinski definition) is 2. The second-order valence-electron chi connectivity index (χ2n) is 3.58. The number of halogens is 4. The van der Waals surface area contributed by atoms with E-state index in [9.17, 15) is 13.2 Å². The Bertz CT molecular complexity index is 470. The highest BCUT2D eigenvalue weighted by atomic mass is 35.5. The Morgan fingerprint density at radius 3 is 2.53 bits per heavy atom. The van der Waals surface area contributed by atoms with Crippen LogP contribution in [-0.2, 0) is 0 Å². The number of aryl methyl sites for hydroxylation is 1. The zero-order valence-corrected chi connectivity index (χ0v) is 9.52. The first kappa shape index (κ1) is 12.1. The van der Waals surface area contributed by atoms with E-state index in [1.54, 1.807) is 25.1 Å². The largest absolute Gasteiger partial charge is 0.433 e. The van der Waals surface area contributed by atoms with Gasteiger partial charge < -0.3 is 0 Å². The Kier molecular flexibility index (Phi) is 2.92. The molecule has 17 heavy (non-hydrogen) atoms. The molecule has 1 aliphatic heterocycles. The maximum Gasteiger partial charge on any atom is 0.433 e. The van der Waals surface area contributed by atoms with Gasteiger partial charge in [0.25, 0.3) is 0 Å². The maximum absolute atomic E-state index is 12.4. The molecule has 0 radical (unpaired) electrons. The van der Waals surface area contributed by atoms with Gasteiger partial charge in [0, 0.05) is 5.02 Å². The third-order valence-electron chi connectivity index (χ3n) is 2.29. The first-order chi connectivity index (χ1) is 7.88. The van der Waals surface area contributed by atoms with Crippen molar-refractivity contribution in [2.24, 2.45) is 0 Å². The average molecular weight is 264 g/mol. The van der Waals surface area contributed by atoms with E-state index in [4.69, 9.17) is 11.6 Å². The SMILES string of the molecule is Cc1cc(Cl)ccc1N1C=C(C(F)(F)F)NN1. The Balaban J connectivity index is 2.29. The van der Waals surface area contributed by atoms with E-state index >= 15 is 0 Å². The number of anilines is 1. The minimum absolute atomic E-state index is 0.540. The second-order valence-corrected chi connectivity index (χ2v) is 4.01. The second kappa shape index (κ2) is 4.12. The minimum Gasteiger partial charge on any atom is -0.298 e. The smallest absolute Gasteiger partial charge is 0.298 e. The number of allylic oxidation sites excluding steroid dienone is 1. The van der Waals surface area contributed by atoms with Crippen LogP contribution < -0.4 is 16.0 Å². The molecule has 0 saturated carbocycles.